The summed E-state index contributed by atoms with van der Waals surface area (Å²) in [5, 5.41) is 8.00. The number of benzene rings is 1. The molecule has 1 N–H and O–H groups in total. The maximum absolute atomic E-state index is 12.4. The minimum absolute atomic E-state index is 0.0765. The second-order valence-electron chi connectivity index (χ2n) is 4.20. The van der Waals surface area contributed by atoms with Crippen molar-refractivity contribution in [2.24, 2.45) is 0 Å². The van der Waals surface area contributed by atoms with Crippen LogP contribution in [-0.2, 0) is 10.0 Å². The normalized spacial score (nSPS) is 11.7. The molecule has 0 saturated carbocycles. The molecule has 3 rings (SSSR count). The zero-order chi connectivity index (χ0) is 15.0. The van der Waals surface area contributed by atoms with E-state index in [-0.39, 0.29) is 4.90 Å². The van der Waals surface area contributed by atoms with E-state index in [9.17, 15) is 8.42 Å². The van der Waals surface area contributed by atoms with E-state index in [0.29, 0.717) is 20.8 Å². The Hall–Kier alpha value is -1.64. The molecule has 0 radical (unpaired) electrons. The first-order chi connectivity index (χ1) is 9.95. The SMILES string of the molecule is O=S(=O)(Nc1cc(Br)cn2cnnc12)c1cccc(Cl)c1. The molecule has 0 unspecified atom stereocenters. The average molecular weight is 388 g/mol. The standard InChI is InChI=1S/C12H8BrClN4O2S/c13-8-4-11(12-16-15-7-18(12)6-8)17-21(19,20)10-3-1-2-9(14)5-10/h1-7,17H. The van der Waals surface area contributed by atoms with Crippen LogP contribution in [0.3, 0.4) is 0 Å². The van der Waals surface area contributed by atoms with Crippen molar-refractivity contribution >= 4 is 48.9 Å². The van der Waals surface area contributed by atoms with E-state index in [1.165, 1.54) is 18.5 Å². The van der Waals surface area contributed by atoms with Crippen LogP contribution in [0, 0.1) is 0 Å². The third kappa shape index (κ3) is 2.87. The third-order valence-corrected chi connectivity index (χ3v) is 4.74. The van der Waals surface area contributed by atoms with Gasteiger partial charge in [-0.2, -0.15) is 0 Å². The first-order valence-corrected chi connectivity index (χ1v) is 8.38. The molecule has 2 aromatic heterocycles. The lowest BCUT2D eigenvalue weighted by atomic mass is 10.4. The predicted octanol–water partition coefficient (Wildman–Crippen LogP) is 2.95. The van der Waals surface area contributed by atoms with Gasteiger partial charge in [-0.25, -0.2) is 8.42 Å². The fraction of sp³-hybridized carbons (Fsp3) is 0. The summed E-state index contributed by atoms with van der Waals surface area (Å²) in [5.41, 5.74) is 0.727. The number of hydrogen-bond acceptors (Lipinski definition) is 4. The molecule has 0 amide bonds. The Morgan fingerprint density at radius 1 is 1.29 bits per heavy atom. The molecule has 3 aromatic rings. The molecule has 9 heteroatoms. The molecule has 6 nitrogen and oxygen atoms in total. The van der Waals surface area contributed by atoms with Crippen molar-refractivity contribution in [3.8, 4) is 0 Å². The molecule has 0 fully saturated rings. The Morgan fingerprint density at radius 3 is 2.86 bits per heavy atom. The van der Waals surface area contributed by atoms with Crippen LogP contribution in [-0.4, -0.2) is 23.0 Å². The van der Waals surface area contributed by atoms with Gasteiger partial charge in [-0.15, -0.1) is 10.2 Å². The lowest BCUT2D eigenvalue weighted by Crippen LogP contribution is -2.13. The second-order valence-corrected chi connectivity index (χ2v) is 7.23. The fourth-order valence-electron chi connectivity index (χ4n) is 1.82. The van der Waals surface area contributed by atoms with Crippen LogP contribution in [0.1, 0.15) is 0 Å². The van der Waals surface area contributed by atoms with E-state index in [1.54, 1.807) is 28.8 Å². The van der Waals surface area contributed by atoms with Crippen LogP contribution in [0.2, 0.25) is 5.02 Å². The molecule has 108 valence electrons. The predicted molar refractivity (Wildman–Crippen MR) is 82.9 cm³/mol. The summed E-state index contributed by atoms with van der Waals surface area (Å²) >= 11 is 9.14. The average Bonchev–Trinajstić information content (AvgIpc) is 2.86. The first-order valence-electron chi connectivity index (χ1n) is 5.73. The largest absolute Gasteiger partial charge is 0.286 e. The van der Waals surface area contributed by atoms with Gasteiger partial charge in [0.15, 0.2) is 5.65 Å². The summed E-state index contributed by atoms with van der Waals surface area (Å²) in [5.74, 6) is 0. The molecule has 0 aliphatic rings. The summed E-state index contributed by atoms with van der Waals surface area (Å²) in [6.45, 7) is 0. The van der Waals surface area contributed by atoms with Gasteiger partial charge in [-0.3, -0.25) is 9.12 Å². The summed E-state index contributed by atoms with van der Waals surface area (Å²) in [7, 11) is -3.76. The fourth-order valence-corrected chi connectivity index (χ4v) is 3.62. The highest BCUT2D eigenvalue weighted by Gasteiger charge is 2.17. The van der Waals surface area contributed by atoms with Gasteiger partial charge in [0, 0.05) is 15.7 Å². The molecule has 0 saturated heterocycles. The van der Waals surface area contributed by atoms with E-state index in [0.717, 1.165) is 0 Å². The Kier molecular flexibility index (Phi) is 3.60. The van der Waals surface area contributed by atoms with E-state index in [2.05, 4.69) is 30.8 Å². The molecule has 0 aliphatic carbocycles. The number of fused-ring (bicyclic) bond motifs is 1. The summed E-state index contributed by atoms with van der Waals surface area (Å²) in [6.07, 6.45) is 3.21. The van der Waals surface area contributed by atoms with Crippen LogP contribution < -0.4 is 4.72 Å². The number of aromatic nitrogens is 3. The van der Waals surface area contributed by atoms with Gasteiger partial charge in [0.1, 0.15) is 6.33 Å². The van der Waals surface area contributed by atoms with Crippen molar-refractivity contribution in [3.63, 3.8) is 0 Å². The van der Waals surface area contributed by atoms with Gasteiger partial charge in [-0.1, -0.05) is 17.7 Å². The number of nitrogens with zero attached hydrogens (tertiary/aromatic N) is 3. The van der Waals surface area contributed by atoms with Gasteiger partial charge < -0.3 is 0 Å². The van der Waals surface area contributed by atoms with Crippen molar-refractivity contribution in [2.75, 3.05) is 4.72 Å². The summed E-state index contributed by atoms with van der Waals surface area (Å²) in [4.78, 5) is 0.0765. The second kappa shape index (κ2) is 5.28. The van der Waals surface area contributed by atoms with Gasteiger partial charge >= 0.3 is 0 Å². The number of sulfonamides is 1. The number of rotatable bonds is 3. The van der Waals surface area contributed by atoms with Crippen LogP contribution in [0.25, 0.3) is 5.65 Å². The van der Waals surface area contributed by atoms with E-state index in [4.69, 9.17) is 11.6 Å². The molecule has 2 heterocycles. The first kappa shape index (κ1) is 14.3. The van der Waals surface area contributed by atoms with Crippen molar-refractivity contribution in [2.45, 2.75) is 4.90 Å². The van der Waals surface area contributed by atoms with Crippen molar-refractivity contribution in [3.05, 3.63) is 52.4 Å². The Labute approximate surface area is 133 Å². The molecule has 1 aromatic carbocycles. The third-order valence-electron chi connectivity index (χ3n) is 2.71. The minimum Gasteiger partial charge on any atom is -0.286 e. The molecule has 21 heavy (non-hydrogen) atoms. The maximum atomic E-state index is 12.4. The highest BCUT2D eigenvalue weighted by molar-refractivity contribution is 9.10. The van der Waals surface area contributed by atoms with E-state index in [1.807, 2.05) is 0 Å². The molecular formula is C12H8BrClN4O2S. The minimum atomic E-state index is -3.76. The molecule has 0 bridgehead atoms. The van der Waals surface area contributed by atoms with Crippen LogP contribution >= 0.6 is 27.5 Å². The van der Waals surface area contributed by atoms with Crippen LogP contribution in [0.5, 0.6) is 0 Å². The number of nitrogens with one attached hydrogen (secondary N) is 1. The van der Waals surface area contributed by atoms with Crippen molar-refractivity contribution in [1.82, 2.24) is 14.6 Å². The topological polar surface area (TPSA) is 76.4 Å². The van der Waals surface area contributed by atoms with Crippen molar-refractivity contribution in [1.29, 1.82) is 0 Å². The summed E-state index contributed by atoms with van der Waals surface area (Å²) in [6, 6.07) is 7.64. The lowest BCUT2D eigenvalue weighted by molar-refractivity contribution is 0.601. The highest BCUT2D eigenvalue weighted by atomic mass is 79.9. The van der Waals surface area contributed by atoms with Gasteiger partial charge in [0.05, 0.1) is 10.6 Å². The Bertz CT molecular complexity index is 926. The van der Waals surface area contributed by atoms with E-state index < -0.39 is 10.0 Å². The highest BCUT2D eigenvalue weighted by Crippen LogP contribution is 2.24. The zero-order valence-corrected chi connectivity index (χ0v) is 13.5. The quantitative estimate of drug-likeness (QED) is 0.749. The van der Waals surface area contributed by atoms with Crippen LogP contribution in [0.15, 0.2) is 52.2 Å². The number of pyridine rings is 1. The van der Waals surface area contributed by atoms with Gasteiger partial charge in [-0.05, 0) is 40.2 Å². The number of anilines is 1. The van der Waals surface area contributed by atoms with Gasteiger partial charge in [0.25, 0.3) is 10.0 Å². The molecule has 0 aliphatic heterocycles. The van der Waals surface area contributed by atoms with E-state index >= 15 is 0 Å². The summed E-state index contributed by atoms with van der Waals surface area (Å²) < 4.78 is 29.6. The monoisotopic (exact) mass is 386 g/mol. The number of hydrogen-bond donors (Lipinski definition) is 1. The maximum Gasteiger partial charge on any atom is 0.262 e. The Morgan fingerprint density at radius 2 is 2.10 bits per heavy atom. The van der Waals surface area contributed by atoms with Crippen LogP contribution in [0.4, 0.5) is 5.69 Å². The molecule has 0 atom stereocenters. The number of halogens is 2. The van der Waals surface area contributed by atoms with Crippen molar-refractivity contribution < 1.29 is 8.42 Å². The lowest BCUT2D eigenvalue weighted by Gasteiger charge is -2.09. The Balaban J connectivity index is 2.07. The molecular weight excluding hydrogens is 380 g/mol. The zero-order valence-electron chi connectivity index (χ0n) is 10.4. The smallest absolute Gasteiger partial charge is 0.262 e. The molecule has 0 spiro atoms. The van der Waals surface area contributed by atoms with Gasteiger partial charge in [0.2, 0.25) is 0 Å².